The minimum Gasteiger partial charge on any atom is -0.486 e. The number of nitrogens with zero attached hydrogens (tertiary/aromatic N) is 3. The molecule has 3 aliphatic heterocycles. The fourth-order valence-corrected chi connectivity index (χ4v) is 5.57. The van der Waals surface area contributed by atoms with Gasteiger partial charge in [-0.3, -0.25) is 14.6 Å². The quantitative estimate of drug-likeness (QED) is 0.476. The third kappa shape index (κ3) is 5.04. The van der Waals surface area contributed by atoms with Crippen LogP contribution in [0.25, 0.3) is 0 Å². The number of benzene rings is 3. The van der Waals surface area contributed by atoms with Crippen LogP contribution in [0.2, 0.25) is 0 Å². The summed E-state index contributed by atoms with van der Waals surface area (Å²) in [6.07, 6.45) is 1.91. The van der Waals surface area contributed by atoms with Gasteiger partial charge in [0.25, 0.3) is 5.91 Å². The van der Waals surface area contributed by atoms with Crippen molar-refractivity contribution in [2.45, 2.75) is 24.8 Å². The lowest BCUT2D eigenvalue weighted by molar-refractivity contribution is -0.115. The Kier molecular flexibility index (Phi) is 6.98. The molecule has 0 aromatic heterocycles. The number of anilines is 1. The van der Waals surface area contributed by atoms with E-state index in [9.17, 15) is 14.0 Å². The first-order chi connectivity index (χ1) is 19.4. The summed E-state index contributed by atoms with van der Waals surface area (Å²) in [5.41, 5.74) is 3.42. The number of aliphatic imine (C=N–C) groups is 1. The third-order valence-electron chi connectivity index (χ3n) is 7.88. The molecule has 206 valence electrons. The van der Waals surface area contributed by atoms with Gasteiger partial charge >= 0.3 is 0 Å². The summed E-state index contributed by atoms with van der Waals surface area (Å²) in [5.74, 6) is -0.293. The molecule has 6 rings (SSSR count). The second-order valence-corrected chi connectivity index (χ2v) is 10.5. The van der Waals surface area contributed by atoms with Gasteiger partial charge in [0.05, 0.1) is 11.4 Å². The molecule has 3 aromatic rings. The minimum absolute atomic E-state index is 0.0248. The summed E-state index contributed by atoms with van der Waals surface area (Å²) in [6, 6.07) is 17.1. The molecule has 1 atom stereocenters. The van der Waals surface area contributed by atoms with Gasteiger partial charge in [0, 0.05) is 29.9 Å². The van der Waals surface area contributed by atoms with Crippen molar-refractivity contribution < 1.29 is 23.5 Å². The van der Waals surface area contributed by atoms with Gasteiger partial charge in [0.2, 0.25) is 5.91 Å². The zero-order valence-electron chi connectivity index (χ0n) is 22.5. The van der Waals surface area contributed by atoms with E-state index in [1.54, 1.807) is 36.4 Å². The summed E-state index contributed by atoms with van der Waals surface area (Å²) >= 11 is 0. The van der Waals surface area contributed by atoms with Crippen LogP contribution in [0.3, 0.4) is 0 Å². The highest BCUT2D eigenvalue weighted by molar-refractivity contribution is 6.24. The zero-order valence-corrected chi connectivity index (χ0v) is 22.5. The van der Waals surface area contributed by atoms with Crippen LogP contribution in [-0.4, -0.2) is 73.8 Å². The number of rotatable bonds is 5. The molecule has 0 aliphatic carbocycles. The van der Waals surface area contributed by atoms with Crippen molar-refractivity contribution in [2.24, 2.45) is 4.99 Å². The molecule has 8 nitrogen and oxygen atoms in total. The monoisotopic (exact) mass is 542 g/mol. The lowest BCUT2D eigenvalue weighted by atomic mass is 9.90. The summed E-state index contributed by atoms with van der Waals surface area (Å²) in [7, 11) is 3.96. The van der Waals surface area contributed by atoms with E-state index in [-0.39, 0.29) is 17.9 Å². The predicted octanol–water partition coefficient (Wildman–Crippen LogP) is 4.62. The Morgan fingerprint density at radius 1 is 0.975 bits per heavy atom. The number of carbonyl (C=O) groups is 2. The summed E-state index contributed by atoms with van der Waals surface area (Å²) < 4.78 is 25.4. The van der Waals surface area contributed by atoms with Crippen molar-refractivity contribution in [1.82, 2.24) is 9.80 Å². The highest BCUT2D eigenvalue weighted by Crippen LogP contribution is 2.39. The van der Waals surface area contributed by atoms with E-state index in [4.69, 9.17) is 14.5 Å². The lowest BCUT2D eigenvalue weighted by Gasteiger charge is -2.35. The minimum atomic E-state index is -0.755. The van der Waals surface area contributed by atoms with Crippen molar-refractivity contribution in [3.8, 4) is 11.5 Å². The number of nitrogens with one attached hydrogen (secondary N) is 1. The van der Waals surface area contributed by atoms with Crippen molar-refractivity contribution in [3.63, 3.8) is 0 Å². The van der Waals surface area contributed by atoms with Gasteiger partial charge in [-0.05, 0) is 93.1 Å². The maximum atomic E-state index is 13.9. The standard InChI is InChI=1S/C31H31FN4O4/c1-35-13-11-23(12-14-35)36(2)31(38)19-3-7-22(8-4-19)33-29(20-5-10-26-27(17-20)40-16-15-39-26)28-24-9-6-21(32)18-25(24)34-30(28)37/h3-10,17-18,23,28H,11-16H2,1-2H3,(H,34,37). The van der Waals surface area contributed by atoms with Crippen LogP contribution in [0.15, 0.2) is 65.7 Å². The smallest absolute Gasteiger partial charge is 0.253 e. The predicted molar refractivity (Wildman–Crippen MR) is 150 cm³/mol. The van der Waals surface area contributed by atoms with Crippen LogP contribution in [0.4, 0.5) is 15.8 Å². The molecule has 3 aliphatic rings. The van der Waals surface area contributed by atoms with Crippen LogP contribution in [0, 0.1) is 5.82 Å². The maximum Gasteiger partial charge on any atom is 0.253 e. The van der Waals surface area contributed by atoms with Gasteiger partial charge in [0.1, 0.15) is 24.9 Å². The molecule has 1 N–H and O–H groups in total. The van der Waals surface area contributed by atoms with Crippen LogP contribution in [0.5, 0.6) is 11.5 Å². The van der Waals surface area contributed by atoms with Crippen molar-refractivity contribution in [3.05, 3.63) is 83.2 Å². The van der Waals surface area contributed by atoms with Crippen molar-refractivity contribution in [2.75, 3.05) is 45.7 Å². The molecule has 1 saturated heterocycles. The Hall–Kier alpha value is -4.24. The number of carbonyl (C=O) groups excluding carboxylic acids is 2. The number of likely N-dealkylation sites (tertiary alicyclic amines) is 1. The number of fused-ring (bicyclic) bond motifs is 2. The molecule has 0 bridgehead atoms. The molecule has 0 radical (unpaired) electrons. The van der Waals surface area contributed by atoms with E-state index in [1.165, 1.54) is 12.1 Å². The molecule has 3 aromatic carbocycles. The summed E-state index contributed by atoms with van der Waals surface area (Å²) in [6.45, 7) is 2.85. The number of amides is 2. The van der Waals surface area contributed by atoms with Crippen molar-refractivity contribution in [1.29, 1.82) is 0 Å². The van der Waals surface area contributed by atoms with Gasteiger partial charge in [-0.2, -0.15) is 0 Å². The molecule has 0 spiro atoms. The van der Waals surface area contributed by atoms with E-state index in [0.717, 1.165) is 25.9 Å². The Balaban J connectivity index is 1.34. The first-order valence-electron chi connectivity index (χ1n) is 13.5. The molecule has 1 unspecified atom stereocenters. The molecular weight excluding hydrogens is 511 g/mol. The first kappa shape index (κ1) is 26.0. The lowest BCUT2D eigenvalue weighted by Crippen LogP contribution is -2.44. The van der Waals surface area contributed by atoms with Gasteiger partial charge in [-0.15, -0.1) is 0 Å². The molecule has 3 heterocycles. The highest BCUT2D eigenvalue weighted by atomic mass is 19.1. The Labute approximate surface area is 232 Å². The molecule has 9 heteroatoms. The number of hydrogen-bond acceptors (Lipinski definition) is 6. The highest BCUT2D eigenvalue weighted by Gasteiger charge is 2.36. The normalized spacial score (nSPS) is 19.2. The maximum absolute atomic E-state index is 13.9. The van der Waals surface area contributed by atoms with E-state index >= 15 is 0 Å². The number of hydrogen-bond donors (Lipinski definition) is 1. The number of ether oxygens (including phenoxy) is 2. The molecule has 0 saturated carbocycles. The largest absolute Gasteiger partial charge is 0.486 e. The second kappa shape index (κ2) is 10.7. The average Bonchev–Trinajstić information content (AvgIpc) is 3.30. The van der Waals surface area contributed by atoms with Crippen LogP contribution in [-0.2, 0) is 4.79 Å². The van der Waals surface area contributed by atoms with Gasteiger partial charge < -0.3 is 24.6 Å². The van der Waals surface area contributed by atoms with E-state index in [1.807, 2.05) is 24.1 Å². The number of halogens is 1. The number of piperidine rings is 1. The zero-order chi connectivity index (χ0) is 27.8. The third-order valence-corrected chi connectivity index (χ3v) is 7.88. The van der Waals surface area contributed by atoms with Gasteiger partial charge in [-0.1, -0.05) is 6.07 Å². The van der Waals surface area contributed by atoms with E-state index in [2.05, 4.69) is 17.3 Å². The summed E-state index contributed by atoms with van der Waals surface area (Å²) in [5, 5.41) is 2.79. The van der Waals surface area contributed by atoms with Crippen molar-refractivity contribution >= 4 is 28.9 Å². The Morgan fingerprint density at radius 3 is 2.42 bits per heavy atom. The summed E-state index contributed by atoms with van der Waals surface area (Å²) in [4.78, 5) is 35.4. The van der Waals surface area contributed by atoms with Gasteiger partial charge in [-0.25, -0.2) is 4.39 Å². The molecule has 40 heavy (non-hydrogen) atoms. The second-order valence-electron chi connectivity index (χ2n) is 10.5. The fourth-order valence-electron chi connectivity index (χ4n) is 5.57. The molecule has 1 fully saturated rings. The fraction of sp³-hybridized carbons (Fsp3) is 0.323. The van der Waals surface area contributed by atoms with E-state index < -0.39 is 11.7 Å². The Morgan fingerprint density at radius 2 is 1.68 bits per heavy atom. The topological polar surface area (TPSA) is 83.5 Å². The van der Waals surface area contributed by atoms with Gasteiger partial charge in [0.15, 0.2) is 11.5 Å². The molecular formula is C31H31FN4O4. The van der Waals surface area contributed by atoms with Crippen LogP contribution < -0.4 is 14.8 Å². The van der Waals surface area contributed by atoms with Crippen LogP contribution >= 0.6 is 0 Å². The first-order valence-corrected chi connectivity index (χ1v) is 13.5. The SMILES string of the molecule is CN1CCC(N(C)C(=O)c2ccc(N=C(c3ccc4c(c3)OCCO4)C3C(=O)Nc4cc(F)ccc43)cc2)CC1. The van der Waals surface area contributed by atoms with E-state index in [0.29, 0.717) is 58.5 Å². The van der Waals surface area contributed by atoms with Crippen LogP contribution in [0.1, 0.15) is 40.2 Å². The average molecular weight is 543 g/mol. The molecule has 2 amide bonds. The Bertz CT molecular complexity index is 1480.